The third kappa shape index (κ3) is 6.69. The molecule has 11 heteroatoms. The zero-order valence-electron chi connectivity index (χ0n) is 17.9. The van der Waals surface area contributed by atoms with Gasteiger partial charge in [0.1, 0.15) is 5.75 Å². The average Bonchev–Trinajstić information content (AvgIpc) is 3.09. The Labute approximate surface area is 192 Å². The largest absolute Gasteiger partial charge is 0.437 e. The molecule has 0 fully saturated rings. The van der Waals surface area contributed by atoms with Gasteiger partial charge in [0, 0.05) is 22.6 Å². The van der Waals surface area contributed by atoms with Crippen molar-refractivity contribution in [1.29, 1.82) is 0 Å². The van der Waals surface area contributed by atoms with Gasteiger partial charge in [-0.3, -0.25) is 4.79 Å². The molecule has 0 amide bonds. The van der Waals surface area contributed by atoms with Crippen LogP contribution in [0.5, 0.6) is 5.75 Å². The highest BCUT2D eigenvalue weighted by molar-refractivity contribution is 6.30. The lowest BCUT2D eigenvalue weighted by molar-refractivity contribution is -0.137. The lowest BCUT2D eigenvalue weighted by Crippen LogP contribution is -2.19. The van der Waals surface area contributed by atoms with Gasteiger partial charge in [-0.25, -0.2) is 4.79 Å². The van der Waals surface area contributed by atoms with Crippen LogP contribution in [-0.4, -0.2) is 41.3 Å². The molecule has 7 nitrogen and oxygen atoms in total. The van der Waals surface area contributed by atoms with E-state index in [0.717, 1.165) is 23.4 Å². The predicted octanol–water partition coefficient (Wildman–Crippen LogP) is 4.47. The first-order chi connectivity index (χ1) is 15.5. The maximum absolute atomic E-state index is 12.8. The fourth-order valence-corrected chi connectivity index (χ4v) is 3.17. The second-order valence-electron chi connectivity index (χ2n) is 7.54. The number of halogens is 4. The minimum absolute atomic E-state index is 0.121. The van der Waals surface area contributed by atoms with Gasteiger partial charge in [0.15, 0.2) is 0 Å². The number of hydrogen-bond donors (Lipinski definition) is 0. The summed E-state index contributed by atoms with van der Waals surface area (Å²) in [6.07, 6.45) is -3.65. The van der Waals surface area contributed by atoms with Gasteiger partial charge in [-0.1, -0.05) is 11.6 Å². The van der Waals surface area contributed by atoms with Crippen LogP contribution in [0, 0.1) is 0 Å². The van der Waals surface area contributed by atoms with Crippen molar-refractivity contribution in [3.63, 3.8) is 0 Å². The van der Waals surface area contributed by atoms with E-state index in [4.69, 9.17) is 20.8 Å². The summed E-state index contributed by atoms with van der Waals surface area (Å²) in [4.78, 5) is 26.4. The van der Waals surface area contributed by atoms with Crippen molar-refractivity contribution in [1.82, 2.24) is 14.7 Å². The standard InChI is InChI=1S/C22H21ClF3N3O4/c1-28(2)11-3-4-19(30)32-18-10-9-17(23)12-15(18)13-29-21(31)33-20(27-29)14-5-7-16(8-6-14)22(24,25)26/h5-10,12H,3-4,11,13H2,1-2H3. The van der Waals surface area contributed by atoms with Crippen molar-refractivity contribution < 1.29 is 27.1 Å². The van der Waals surface area contributed by atoms with Gasteiger partial charge in [-0.2, -0.15) is 17.9 Å². The van der Waals surface area contributed by atoms with Crippen LogP contribution >= 0.6 is 11.6 Å². The van der Waals surface area contributed by atoms with Crippen LogP contribution in [-0.2, 0) is 17.5 Å². The zero-order valence-corrected chi connectivity index (χ0v) is 18.6. The van der Waals surface area contributed by atoms with Crippen LogP contribution in [0.15, 0.2) is 51.7 Å². The number of benzene rings is 2. The van der Waals surface area contributed by atoms with E-state index in [0.29, 0.717) is 17.0 Å². The second-order valence-corrected chi connectivity index (χ2v) is 7.98. The predicted molar refractivity (Wildman–Crippen MR) is 115 cm³/mol. The molecule has 2 aromatic carbocycles. The molecular formula is C22H21ClF3N3O4. The van der Waals surface area contributed by atoms with Crippen molar-refractivity contribution in [2.24, 2.45) is 0 Å². The summed E-state index contributed by atoms with van der Waals surface area (Å²) in [5.74, 6) is -1.18. The molecule has 1 aromatic heterocycles. The molecule has 0 atom stereocenters. The van der Waals surface area contributed by atoms with Crippen LogP contribution in [0.1, 0.15) is 24.0 Å². The van der Waals surface area contributed by atoms with E-state index in [1.54, 1.807) is 6.07 Å². The number of nitrogens with zero attached hydrogens (tertiary/aromatic N) is 3. The van der Waals surface area contributed by atoms with Crippen LogP contribution < -0.4 is 10.5 Å². The van der Waals surface area contributed by atoms with Gasteiger partial charge in [-0.05, 0) is 69.5 Å². The summed E-state index contributed by atoms with van der Waals surface area (Å²) < 4.78 is 49.8. The third-order valence-corrected chi connectivity index (χ3v) is 4.85. The molecule has 3 rings (SSSR count). The van der Waals surface area contributed by atoms with Crippen molar-refractivity contribution >= 4 is 17.6 Å². The van der Waals surface area contributed by atoms with E-state index < -0.39 is 23.5 Å². The van der Waals surface area contributed by atoms with Crippen LogP contribution in [0.2, 0.25) is 5.02 Å². The van der Waals surface area contributed by atoms with E-state index in [-0.39, 0.29) is 30.2 Å². The quantitative estimate of drug-likeness (QED) is 0.347. The topological polar surface area (TPSA) is 77.6 Å². The Kier molecular flexibility index (Phi) is 7.60. The first-order valence-corrected chi connectivity index (χ1v) is 10.3. The van der Waals surface area contributed by atoms with Gasteiger partial charge in [0.25, 0.3) is 0 Å². The lowest BCUT2D eigenvalue weighted by atomic mass is 10.1. The first-order valence-electron chi connectivity index (χ1n) is 9.92. The summed E-state index contributed by atoms with van der Waals surface area (Å²) in [5, 5.41) is 4.41. The molecule has 33 heavy (non-hydrogen) atoms. The number of esters is 1. The molecule has 1 heterocycles. The van der Waals surface area contributed by atoms with Gasteiger partial charge in [0.2, 0.25) is 5.89 Å². The van der Waals surface area contributed by atoms with Gasteiger partial charge in [0.05, 0.1) is 12.1 Å². The summed E-state index contributed by atoms with van der Waals surface area (Å²) in [6.45, 7) is 0.605. The number of rotatable bonds is 8. The fraction of sp³-hybridized carbons (Fsp3) is 0.318. The zero-order chi connectivity index (χ0) is 24.2. The van der Waals surface area contributed by atoms with E-state index in [2.05, 4.69) is 5.10 Å². The number of aromatic nitrogens is 2. The summed E-state index contributed by atoms with van der Waals surface area (Å²) in [6, 6.07) is 8.68. The Morgan fingerprint density at radius 2 is 1.88 bits per heavy atom. The van der Waals surface area contributed by atoms with Crippen molar-refractivity contribution in [3.05, 3.63) is 69.2 Å². The van der Waals surface area contributed by atoms with Crippen molar-refractivity contribution in [2.75, 3.05) is 20.6 Å². The molecule has 0 saturated heterocycles. The molecule has 3 aromatic rings. The molecule has 0 radical (unpaired) electrons. The molecular weight excluding hydrogens is 463 g/mol. The van der Waals surface area contributed by atoms with Crippen LogP contribution in [0.3, 0.4) is 0 Å². The summed E-state index contributed by atoms with van der Waals surface area (Å²) in [7, 11) is 3.80. The fourth-order valence-electron chi connectivity index (χ4n) is 2.97. The normalized spacial score (nSPS) is 11.7. The minimum Gasteiger partial charge on any atom is -0.426 e. The monoisotopic (exact) mass is 483 g/mol. The smallest absolute Gasteiger partial charge is 0.426 e. The maximum atomic E-state index is 12.8. The van der Waals surface area contributed by atoms with Crippen LogP contribution in [0.4, 0.5) is 13.2 Å². The highest BCUT2D eigenvalue weighted by Gasteiger charge is 2.30. The number of ether oxygens (including phenoxy) is 1. The Hall–Kier alpha value is -3.11. The molecule has 0 spiro atoms. The molecule has 0 saturated carbocycles. The van der Waals surface area contributed by atoms with Crippen LogP contribution in [0.25, 0.3) is 11.5 Å². The van der Waals surface area contributed by atoms with E-state index in [1.807, 2.05) is 19.0 Å². The first kappa shape index (κ1) is 24.5. The number of carbonyl (C=O) groups is 1. The van der Waals surface area contributed by atoms with Crippen molar-refractivity contribution in [2.45, 2.75) is 25.6 Å². The Morgan fingerprint density at radius 1 is 1.18 bits per heavy atom. The number of alkyl halides is 3. The Bertz CT molecular complexity index is 1170. The van der Waals surface area contributed by atoms with Gasteiger partial charge in [-0.15, -0.1) is 5.10 Å². The highest BCUT2D eigenvalue weighted by atomic mass is 35.5. The molecule has 0 N–H and O–H groups in total. The Morgan fingerprint density at radius 3 is 2.52 bits per heavy atom. The lowest BCUT2D eigenvalue weighted by Gasteiger charge is -2.11. The third-order valence-electron chi connectivity index (χ3n) is 4.62. The minimum atomic E-state index is -4.48. The average molecular weight is 484 g/mol. The summed E-state index contributed by atoms with van der Waals surface area (Å²) >= 11 is 6.06. The maximum Gasteiger partial charge on any atom is 0.437 e. The molecule has 0 aliphatic heterocycles. The molecule has 0 aliphatic rings. The molecule has 0 unspecified atom stereocenters. The Balaban J connectivity index is 1.78. The van der Waals surface area contributed by atoms with E-state index in [1.165, 1.54) is 24.3 Å². The van der Waals surface area contributed by atoms with E-state index >= 15 is 0 Å². The van der Waals surface area contributed by atoms with Gasteiger partial charge >= 0.3 is 17.9 Å². The number of carbonyl (C=O) groups excluding carboxylic acids is 1. The molecule has 0 bridgehead atoms. The summed E-state index contributed by atoms with van der Waals surface area (Å²) in [5.41, 5.74) is -0.209. The SMILES string of the molecule is CN(C)CCCC(=O)Oc1ccc(Cl)cc1Cn1nc(-c2ccc(C(F)(F)F)cc2)oc1=O. The highest BCUT2D eigenvalue weighted by Crippen LogP contribution is 2.30. The van der Waals surface area contributed by atoms with E-state index in [9.17, 15) is 22.8 Å². The van der Waals surface area contributed by atoms with Gasteiger partial charge < -0.3 is 14.1 Å². The van der Waals surface area contributed by atoms with Crippen molar-refractivity contribution in [3.8, 4) is 17.2 Å². The molecule has 0 aliphatic carbocycles. The molecule has 176 valence electrons. The number of hydrogen-bond acceptors (Lipinski definition) is 6. The second kappa shape index (κ2) is 10.2.